The van der Waals surface area contributed by atoms with E-state index in [1.54, 1.807) is 12.3 Å². The molecule has 23 heteroatoms. The normalized spacial score (nSPS) is 20.8. The average Bonchev–Trinajstić information content (AvgIpc) is 0.810. The van der Waals surface area contributed by atoms with Crippen LogP contribution in [0.3, 0.4) is 0 Å². The molecule has 5 aromatic rings. The molecule has 0 radical (unpaired) electrons. The van der Waals surface area contributed by atoms with Gasteiger partial charge >= 0.3 is 151 Å². The Morgan fingerprint density at radius 2 is 0.573 bits per heavy atom. The van der Waals surface area contributed by atoms with Gasteiger partial charge in [0.25, 0.3) is 5.69 Å². The zero-order valence-corrected chi connectivity index (χ0v) is 95.9. The van der Waals surface area contributed by atoms with E-state index in [0.717, 1.165) is 89.0 Å². The Morgan fingerprint density at radius 3 is 0.931 bits per heavy atom. The first-order valence-electron chi connectivity index (χ1n) is 51.7. The van der Waals surface area contributed by atoms with Crippen LogP contribution in [-0.2, 0) is 83.4 Å². The van der Waals surface area contributed by atoms with Gasteiger partial charge in [0.1, 0.15) is 23.0 Å². The van der Waals surface area contributed by atoms with Gasteiger partial charge in [0.15, 0.2) is 0 Å². The molecule has 0 atom stereocenters. The molecule has 0 heterocycles. The van der Waals surface area contributed by atoms with Crippen LogP contribution in [0.2, 0.25) is 0 Å². The molecule has 0 bridgehead atoms. The number of nitrogens with zero attached hydrogens (tertiary/aromatic N) is 5. The second-order valence-corrected chi connectivity index (χ2v) is 53.5. The molecule has 0 spiro atoms. The Morgan fingerprint density at radius 1 is 0.298 bits per heavy atom. The molecular weight excluding hydrogens is 2110 g/mol. The summed E-state index contributed by atoms with van der Waals surface area (Å²) in [5.41, 5.74) is 11.0. The summed E-state index contributed by atoms with van der Waals surface area (Å²) >= 11 is -3.30. The van der Waals surface area contributed by atoms with Crippen molar-refractivity contribution in [2.75, 3.05) is 0 Å². The van der Waals surface area contributed by atoms with Crippen molar-refractivity contribution in [2.45, 2.75) is 466 Å². The van der Waals surface area contributed by atoms with Crippen LogP contribution in [0.4, 0.5) is 5.69 Å². The number of aromatic hydroxyl groups is 4. The fourth-order valence-corrected chi connectivity index (χ4v) is 21.1. The Balaban J connectivity index is 0.000000258. The van der Waals surface area contributed by atoms with Gasteiger partial charge in [-0.1, -0.05) is 363 Å². The van der Waals surface area contributed by atoms with Crippen molar-refractivity contribution in [3.05, 3.63) is 145 Å². The number of hydrogen-bond acceptors (Lipinski definition) is 10. The van der Waals surface area contributed by atoms with Crippen molar-refractivity contribution in [1.82, 2.24) is 0 Å². The molecule has 0 aliphatic heterocycles. The number of non-ortho nitro benzene ring substituents is 1. The third-order valence-corrected chi connectivity index (χ3v) is 28.8. The molecule has 0 unspecified atom stereocenters. The SMILES string of the molecule is CC1CCC(N=Cc2cccc(C3CCCCCCCCCCC3)c2O)CC1.Cc1ccc(C2CCCCCCCCCCC2)c(O)c1C=NC1CCCCC1.O=[N+]([O-])c1cc(C=NC2CCCCC2)c(O)c(C2CCCCCCCCCCC2)c1.Oc1c(C2CCCCCCCCCCC2)ccc(-c2ccccc2)c1C=NC1CCCCC1.[Cl][Zr][Cl].[Cl][Zr][Cl].[Cl][Zr][Cl].[Cl][Zr][Cl]. The fourth-order valence-electron chi connectivity index (χ4n) is 21.1. The van der Waals surface area contributed by atoms with E-state index in [1.165, 1.54) is 383 Å². The number of aryl methyl sites for hydroxylation is 1. The van der Waals surface area contributed by atoms with Gasteiger partial charge in [-0.25, -0.2) is 0 Å². The minimum absolute atomic E-state index is 0.0685. The molecule has 0 amide bonds. The molecule has 13 rings (SSSR count). The number of rotatable bonds is 14. The zero-order valence-electron chi connectivity index (χ0n) is 80.0. The van der Waals surface area contributed by atoms with E-state index in [2.05, 4.69) is 85.6 Å². The summed E-state index contributed by atoms with van der Waals surface area (Å²) in [7, 11) is 39.5. The number of para-hydroxylation sites is 1. The predicted octanol–water partition coefficient (Wildman–Crippen LogP) is 37.8. The van der Waals surface area contributed by atoms with Gasteiger partial charge in [-0.3, -0.25) is 30.1 Å². The molecule has 8 fully saturated rings. The van der Waals surface area contributed by atoms with Crippen LogP contribution in [0.15, 0.2) is 105 Å². The van der Waals surface area contributed by atoms with Gasteiger partial charge in [-0.15, -0.1) is 0 Å². The van der Waals surface area contributed by atoms with Gasteiger partial charge in [0.2, 0.25) is 0 Å². The van der Waals surface area contributed by atoms with Gasteiger partial charge in [0.05, 0.1) is 4.92 Å². The molecule has 728 valence electrons. The summed E-state index contributed by atoms with van der Waals surface area (Å²) in [5.74, 6) is 4.19. The van der Waals surface area contributed by atoms with Gasteiger partial charge in [0, 0.05) is 89.0 Å². The average molecular weight is 2280 g/mol. The van der Waals surface area contributed by atoms with E-state index in [1.807, 2.05) is 24.7 Å². The van der Waals surface area contributed by atoms with Crippen LogP contribution in [-0.4, -0.2) is 74.4 Å². The van der Waals surface area contributed by atoms with Crippen LogP contribution < -0.4 is 0 Å². The second-order valence-electron chi connectivity index (χ2n) is 38.6. The van der Waals surface area contributed by atoms with Crippen LogP contribution in [0.1, 0.15) is 485 Å². The fraction of sp³-hybridized carbons (Fsp3) is 0.685. The summed E-state index contributed by atoms with van der Waals surface area (Å²) < 4.78 is 0. The van der Waals surface area contributed by atoms with Crippen molar-refractivity contribution in [3.63, 3.8) is 0 Å². The number of aliphatic imine (C=N–C) groups is 4. The Labute approximate surface area is 868 Å². The standard InChI is InChI=1S/C31H43NO.2C26H41NO.C25H38N2O3.8ClH.4Zr/c33-31-29(26-18-10-6-4-2-1-3-5-7-11-19-26)23-22-28(25-16-12-8-13-17-25)30(31)24-32-27-20-14-9-15-21-27;1-21-18-19-24(22-14-10-7-5-3-2-4-6-8-11-15-22)26(28)25(21)20-27-23-16-12-9-13-17-23;1-21-16-18-24(19-17-21)27-20-23-14-11-15-25(26(23)28)22-12-9-7-5-3-2-4-6-8-10-13-22;28-25-21(19-26-22-15-11-8-12-16-22)17-23(27(29)30)18-24(25)20-13-9-6-4-2-1-3-5-7-10-14-20;;;;;;;;;;;;/h8,12-13,16-17,22-24,26-27,33H,1-7,9-11,14-15,18-21H2;18-20,22-23,28H,2-17H2,1H3;11,14-15,20-22,24,28H,2-10,12-13,16-19H2,1H3;17-20,22,28H,1-16H2;8*1H;;;;/q;;;;;;;;;;;;4*+2/p-8. The number of halogens is 8. The first-order valence-corrected chi connectivity index (χ1v) is 77.0. The van der Waals surface area contributed by atoms with E-state index in [0.29, 0.717) is 58.7 Å². The summed E-state index contributed by atoms with van der Waals surface area (Å²) in [4.78, 5) is 30.6. The quantitative estimate of drug-likeness (QED) is 0.0489. The minimum atomic E-state index is -0.826. The first-order chi connectivity index (χ1) is 64.1. The predicted molar refractivity (Wildman–Crippen MR) is 553 cm³/mol. The zero-order chi connectivity index (χ0) is 93.9. The molecular formula is C108H163Cl8N5O6Zr4. The van der Waals surface area contributed by atoms with Crippen molar-refractivity contribution in [2.24, 2.45) is 25.9 Å². The molecule has 8 aliphatic carbocycles. The number of nitro groups is 1. The van der Waals surface area contributed by atoms with Gasteiger partial charge < -0.3 is 20.4 Å². The van der Waals surface area contributed by atoms with E-state index >= 15 is 0 Å². The summed E-state index contributed by atoms with van der Waals surface area (Å²) in [5, 5.41) is 56.4. The molecule has 4 N–H and O–H groups in total. The van der Waals surface area contributed by atoms with E-state index in [-0.39, 0.29) is 28.3 Å². The molecule has 8 saturated carbocycles. The summed E-state index contributed by atoms with van der Waals surface area (Å²) in [6, 6.07) is 30.3. The maximum atomic E-state index is 11.6. The number of hydrogen-bond donors (Lipinski definition) is 4. The van der Waals surface area contributed by atoms with Gasteiger partial charge in [-0.2, -0.15) is 0 Å². The molecule has 5 aromatic carbocycles. The number of phenolic OH excluding ortho intramolecular Hbond substituents is 4. The molecule has 11 nitrogen and oxygen atoms in total. The Hall–Kier alpha value is -0.768. The molecule has 0 saturated heterocycles. The summed E-state index contributed by atoms with van der Waals surface area (Å²) in [6.07, 6.45) is 88.1. The van der Waals surface area contributed by atoms with Crippen LogP contribution in [0.5, 0.6) is 23.0 Å². The second kappa shape index (κ2) is 76.9. The number of nitro benzene ring substituents is 1. The van der Waals surface area contributed by atoms with Crippen molar-refractivity contribution < 1.29 is 109 Å². The van der Waals surface area contributed by atoms with Crippen molar-refractivity contribution >= 4 is 98.6 Å². The number of phenols is 4. The summed E-state index contributed by atoms with van der Waals surface area (Å²) in [6.45, 7) is 4.45. The topological polar surface area (TPSA) is 174 Å². The third-order valence-electron chi connectivity index (χ3n) is 28.8. The van der Waals surface area contributed by atoms with Crippen molar-refractivity contribution in [3.8, 4) is 34.1 Å². The maximum absolute atomic E-state index is 11.6. The molecule has 131 heavy (non-hydrogen) atoms. The molecule has 8 aliphatic rings. The van der Waals surface area contributed by atoms with Gasteiger partial charge in [-0.05, 0) is 192 Å². The van der Waals surface area contributed by atoms with Crippen molar-refractivity contribution in [1.29, 1.82) is 0 Å². The first kappa shape index (κ1) is 119. The Kier molecular flexibility index (Phi) is 69.8. The molecule has 0 aromatic heterocycles. The van der Waals surface area contributed by atoms with Crippen LogP contribution in [0, 0.1) is 23.0 Å². The van der Waals surface area contributed by atoms with Crippen LogP contribution >= 0.6 is 68.1 Å². The monoisotopic (exact) mass is 2270 g/mol. The third kappa shape index (κ3) is 49.7. The van der Waals surface area contributed by atoms with Crippen LogP contribution in [0.25, 0.3) is 11.1 Å². The van der Waals surface area contributed by atoms with E-state index < -0.39 is 83.4 Å². The van der Waals surface area contributed by atoms with E-state index in [4.69, 9.17) is 83.1 Å². The van der Waals surface area contributed by atoms with E-state index in [9.17, 15) is 30.5 Å². The Bertz CT molecular complexity index is 3850. The number of benzene rings is 5.